The van der Waals surface area contributed by atoms with Crippen LogP contribution in [0.1, 0.15) is 51.9 Å². The van der Waals surface area contributed by atoms with Gasteiger partial charge in [-0.3, -0.25) is 14.4 Å². The first-order valence-electron chi connectivity index (χ1n) is 8.35. The van der Waals surface area contributed by atoms with E-state index in [0.29, 0.717) is 38.9 Å². The molecule has 0 bridgehead atoms. The standard InChI is InChI=1S/C16H26N2O4/c1-2-5-14(19)18-9-4-3-6-13(18)15(20)17-10-7-12(8-11-17)16(21)22/h12-13H,2-11H2,1H3,(H,21,22). The lowest BCUT2D eigenvalue weighted by atomic mass is 9.95. The summed E-state index contributed by atoms with van der Waals surface area (Å²) < 4.78 is 0. The number of aliphatic carboxylic acids is 1. The minimum atomic E-state index is -0.774. The molecule has 0 aliphatic carbocycles. The Balaban J connectivity index is 1.97. The third kappa shape index (κ3) is 3.78. The summed E-state index contributed by atoms with van der Waals surface area (Å²) in [5.74, 6) is -1.04. The Morgan fingerprint density at radius 1 is 1.05 bits per heavy atom. The predicted molar refractivity (Wildman–Crippen MR) is 81.2 cm³/mol. The molecule has 1 unspecified atom stereocenters. The molecule has 1 N–H and O–H groups in total. The van der Waals surface area contributed by atoms with Crippen molar-refractivity contribution in [1.82, 2.24) is 9.80 Å². The minimum absolute atomic E-state index is 0.00740. The molecule has 2 aliphatic rings. The summed E-state index contributed by atoms with van der Waals surface area (Å²) >= 11 is 0. The van der Waals surface area contributed by atoms with Crippen LogP contribution in [0.15, 0.2) is 0 Å². The van der Waals surface area contributed by atoms with Crippen molar-refractivity contribution in [1.29, 1.82) is 0 Å². The second-order valence-electron chi connectivity index (χ2n) is 6.29. The van der Waals surface area contributed by atoms with Gasteiger partial charge in [0.15, 0.2) is 0 Å². The topological polar surface area (TPSA) is 77.9 Å². The van der Waals surface area contributed by atoms with Gasteiger partial charge >= 0.3 is 5.97 Å². The number of piperidine rings is 2. The first kappa shape index (κ1) is 16.8. The summed E-state index contributed by atoms with van der Waals surface area (Å²) in [5, 5.41) is 9.03. The maximum Gasteiger partial charge on any atom is 0.306 e. The largest absolute Gasteiger partial charge is 0.481 e. The molecule has 2 saturated heterocycles. The van der Waals surface area contributed by atoms with Gasteiger partial charge in [0.1, 0.15) is 6.04 Å². The van der Waals surface area contributed by atoms with E-state index < -0.39 is 5.97 Å². The SMILES string of the molecule is CCCC(=O)N1CCCCC1C(=O)N1CCC(C(=O)O)CC1. The fourth-order valence-electron chi connectivity index (χ4n) is 3.40. The zero-order valence-electron chi connectivity index (χ0n) is 13.3. The minimum Gasteiger partial charge on any atom is -0.481 e. The molecular formula is C16H26N2O4. The van der Waals surface area contributed by atoms with Crippen LogP contribution in [0, 0.1) is 5.92 Å². The number of carbonyl (C=O) groups is 3. The molecule has 0 aromatic heterocycles. The zero-order chi connectivity index (χ0) is 16.1. The highest BCUT2D eigenvalue weighted by molar-refractivity contribution is 5.88. The van der Waals surface area contributed by atoms with Crippen molar-refractivity contribution in [3.63, 3.8) is 0 Å². The van der Waals surface area contributed by atoms with E-state index in [1.165, 1.54) is 0 Å². The first-order valence-corrected chi connectivity index (χ1v) is 8.35. The van der Waals surface area contributed by atoms with E-state index in [1.807, 2.05) is 6.92 Å². The number of carboxylic acid groups (broad SMARTS) is 1. The van der Waals surface area contributed by atoms with E-state index in [-0.39, 0.29) is 23.8 Å². The summed E-state index contributed by atoms with van der Waals surface area (Å²) in [6, 6.07) is -0.339. The van der Waals surface area contributed by atoms with Gasteiger partial charge in [0.2, 0.25) is 11.8 Å². The van der Waals surface area contributed by atoms with E-state index in [9.17, 15) is 14.4 Å². The van der Waals surface area contributed by atoms with Crippen LogP contribution in [0.5, 0.6) is 0 Å². The number of carboxylic acids is 1. The predicted octanol–water partition coefficient (Wildman–Crippen LogP) is 1.49. The number of likely N-dealkylation sites (tertiary alicyclic amines) is 2. The van der Waals surface area contributed by atoms with Gasteiger partial charge in [-0.05, 0) is 38.5 Å². The van der Waals surface area contributed by atoms with Gasteiger partial charge < -0.3 is 14.9 Å². The summed E-state index contributed by atoms with van der Waals surface area (Å²) in [6.07, 6.45) is 4.96. The van der Waals surface area contributed by atoms with Crippen LogP contribution in [0.4, 0.5) is 0 Å². The van der Waals surface area contributed by atoms with Crippen LogP contribution in [0.25, 0.3) is 0 Å². The highest BCUT2D eigenvalue weighted by Crippen LogP contribution is 2.23. The highest BCUT2D eigenvalue weighted by Gasteiger charge is 2.36. The molecule has 0 aromatic rings. The van der Waals surface area contributed by atoms with Crippen molar-refractivity contribution < 1.29 is 19.5 Å². The fraction of sp³-hybridized carbons (Fsp3) is 0.812. The Bertz CT molecular complexity index is 430. The molecule has 124 valence electrons. The van der Waals surface area contributed by atoms with Crippen molar-refractivity contribution in [2.45, 2.75) is 57.9 Å². The van der Waals surface area contributed by atoms with E-state index in [4.69, 9.17) is 5.11 Å². The second kappa shape index (κ2) is 7.61. The van der Waals surface area contributed by atoms with E-state index >= 15 is 0 Å². The lowest BCUT2D eigenvalue weighted by Crippen LogP contribution is -2.54. The van der Waals surface area contributed by atoms with Crippen molar-refractivity contribution in [3.8, 4) is 0 Å². The molecule has 0 spiro atoms. The molecule has 6 heteroatoms. The lowest BCUT2D eigenvalue weighted by molar-refractivity contribution is -0.151. The molecule has 2 rings (SSSR count). The Morgan fingerprint density at radius 2 is 1.73 bits per heavy atom. The van der Waals surface area contributed by atoms with Gasteiger partial charge in [-0.1, -0.05) is 6.92 Å². The van der Waals surface area contributed by atoms with Crippen molar-refractivity contribution in [2.24, 2.45) is 5.92 Å². The monoisotopic (exact) mass is 310 g/mol. The summed E-state index contributed by atoms with van der Waals surface area (Å²) in [6.45, 7) is 3.61. The van der Waals surface area contributed by atoms with Gasteiger partial charge in [-0.15, -0.1) is 0 Å². The molecule has 2 fully saturated rings. The Kier molecular flexibility index (Phi) is 5.80. The maximum absolute atomic E-state index is 12.7. The fourth-order valence-corrected chi connectivity index (χ4v) is 3.40. The van der Waals surface area contributed by atoms with E-state index in [0.717, 1.165) is 25.7 Å². The van der Waals surface area contributed by atoms with Crippen molar-refractivity contribution in [3.05, 3.63) is 0 Å². The molecule has 1 atom stereocenters. The average Bonchev–Trinajstić information content (AvgIpc) is 2.54. The molecule has 0 radical (unpaired) electrons. The number of hydrogen-bond donors (Lipinski definition) is 1. The van der Waals surface area contributed by atoms with Crippen LogP contribution in [-0.4, -0.2) is 58.4 Å². The molecule has 0 aromatic carbocycles. The summed E-state index contributed by atoms with van der Waals surface area (Å²) in [7, 11) is 0. The summed E-state index contributed by atoms with van der Waals surface area (Å²) in [4.78, 5) is 39.4. The van der Waals surface area contributed by atoms with Crippen LogP contribution < -0.4 is 0 Å². The van der Waals surface area contributed by atoms with E-state index in [2.05, 4.69) is 0 Å². The quantitative estimate of drug-likeness (QED) is 0.853. The van der Waals surface area contributed by atoms with E-state index in [1.54, 1.807) is 9.80 Å². The molecule has 22 heavy (non-hydrogen) atoms. The normalized spacial score (nSPS) is 23.4. The van der Waals surface area contributed by atoms with Crippen LogP contribution >= 0.6 is 0 Å². The maximum atomic E-state index is 12.7. The third-order valence-corrected chi connectivity index (χ3v) is 4.73. The van der Waals surface area contributed by atoms with Gasteiger partial charge in [-0.2, -0.15) is 0 Å². The lowest BCUT2D eigenvalue weighted by Gasteiger charge is -2.39. The summed E-state index contributed by atoms with van der Waals surface area (Å²) in [5.41, 5.74) is 0. The van der Waals surface area contributed by atoms with Crippen molar-refractivity contribution in [2.75, 3.05) is 19.6 Å². The van der Waals surface area contributed by atoms with Crippen LogP contribution in [-0.2, 0) is 14.4 Å². The second-order valence-corrected chi connectivity index (χ2v) is 6.29. The van der Waals surface area contributed by atoms with Gasteiger partial charge in [0.05, 0.1) is 5.92 Å². The number of carbonyl (C=O) groups excluding carboxylic acids is 2. The Morgan fingerprint density at radius 3 is 2.32 bits per heavy atom. The number of hydrogen-bond acceptors (Lipinski definition) is 3. The number of rotatable bonds is 4. The van der Waals surface area contributed by atoms with Gasteiger partial charge in [0, 0.05) is 26.1 Å². The van der Waals surface area contributed by atoms with Gasteiger partial charge in [0.25, 0.3) is 0 Å². The smallest absolute Gasteiger partial charge is 0.306 e. The number of nitrogens with zero attached hydrogens (tertiary/aromatic N) is 2. The zero-order valence-corrected chi connectivity index (χ0v) is 13.3. The molecule has 6 nitrogen and oxygen atoms in total. The first-order chi connectivity index (χ1) is 10.5. The molecule has 0 saturated carbocycles. The Hall–Kier alpha value is -1.59. The molecule has 2 aliphatic heterocycles. The molecule has 2 amide bonds. The van der Waals surface area contributed by atoms with Gasteiger partial charge in [-0.25, -0.2) is 0 Å². The van der Waals surface area contributed by atoms with Crippen LogP contribution in [0.3, 0.4) is 0 Å². The Labute approximate surface area is 131 Å². The van der Waals surface area contributed by atoms with Crippen LogP contribution in [0.2, 0.25) is 0 Å². The average molecular weight is 310 g/mol. The molecular weight excluding hydrogens is 284 g/mol. The highest BCUT2D eigenvalue weighted by atomic mass is 16.4. The third-order valence-electron chi connectivity index (χ3n) is 4.73. The van der Waals surface area contributed by atoms with Crippen molar-refractivity contribution >= 4 is 17.8 Å². The number of amides is 2. The molecule has 2 heterocycles.